The number of carbonyl (C=O) groups excluding carboxylic acids is 2. The molecule has 1 saturated carbocycles. The topological polar surface area (TPSA) is 85.9 Å². The Hall–Kier alpha value is -1.84. The number of nitrogens with one attached hydrogen (secondary N) is 2. The van der Waals surface area contributed by atoms with Crippen molar-refractivity contribution >= 4 is 67.4 Å². The first-order valence-corrected chi connectivity index (χ1v) is 22.0. The van der Waals surface area contributed by atoms with Crippen LogP contribution >= 0.6 is 27.5 Å². The lowest BCUT2D eigenvalue weighted by molar-refractivity contribution is -0.121. The van der Waals surface area contributed by atoms with Crippen LogP contribution in [0.4, 0.5) is 20.2 Å². The molecule has 1 aliphatic heterocycles. The molecule has 2 aliphatic rings. The van der Waals surface area contributed by atoms with Gasteiger partial charge in [0, 0.05) is 38.6 Å². The normalized spacial score (nSPS) is 22.4. The summed E-state index contributed by atoms with van der Waals surface area (Å²) >= 11 is 8.52. The third-order valence-corrected chi connectivity index (χ3v) is 19.6. The predicted octanol–water partition coefficient (Wildman–Crippen LogP) is 9.63. The highest BCUT2D eigenvalue weighted by Crippen LogP contribution is 2.55. The Morgan fingerprint density at radius 2 is 1.44 bits per heavy atom. The summed E-state index contributed by atoms with van der Waals surface area (Å²) in [4.78, 5) is 27.2. The van der Waals surface area contributed by atoms with Crippen LogP contribution in [0.1, 0.15) is 70.3 Å². The molecule has 4 rings (SSSR count). The number of hydrogen-bond acceptors (Lipinski definition) is 5. The number of rotatable bonds is 8. The Morgan fingerprint density at radius 3 is 1.89 bits per heavy atom. The van der Waals surface area contributed by atoms with Crippen LogP contribution in [0.15, 0.2) is 40.9 Å². The highest BCUT2D eigenvalue weighted by atomic mass is 79.9. The third-order valence-electron chi connectivity index (χ3n) is 9.88. The van der Waals surface area contributed by atoms with Crippen LogP contribution in [0, 0.1) is 0 Å². The molecule has 2 N–H and O–H groups in total. The molecular formula is C32H44BrClF2N2O5Si2. The second-order valence-corrected chi connectivity index (χ2v) is 26.0. The van der Waals surface area contributed by atoms with Crippen molar-refractivity contribution in [1.82, 2.24) is 0 Å². The molecule has 2 atom stereocenters. The van der Waals surface area contributed by atoms with Gasteiger partial charge in [-0.2, -0.15) is 0 Å². The number of alkyl halides is 3. The van der Waals surface area contributed by atoms with Crippen molar-refractivity contribution in [3.05, 3.63) is 52.0 Å². The largest absolute Gasteiger partial charge is 0.487 e. The fraction of sp³-hybridized carbons (Fsp3) is 0.562. The molecule has 2 unspecified atom stereocenters. The average molecular weight is 746 g/mol. The minimum Gasteiger partial charge on any atom is -0.420 e. The molecule has 2 aromatic carbocycles. The first-order chi connectivity index (χ1) is 20.4. The zero-order valence-electron chi connectivity index (χ0n) is 27.6. The molecule has 248 valence electrons. The number of carbonyl (C=O) groups is 2. The van der Waals surface area contributed by atoms with Crippen molar-refractivity contribution in [2.24, 2.45) is 0 Å². The van der Waals surface area contributed by atoms with Crippen LogP contribution in [0.3, 0.4) is 0 Å². The maximum atomic E-state index is 13.9. The summed E-state index contributed by atoms with van der Waals surface area (Å²) in [6.07, 6.45) is 0.407. The van der Waals surface area contributed by atoms with Gasteiger partial charge < -0.3 is 24.2 Å². The predicted molar refractivity (Wildman–Crippen MR) is 184 cm³/mol. The average Bonchev–Trinajstić information content (AvgIpc) is 3.33. The summed E-state index contributed by atoms with van der Waals surface area (Å²) in [5.41, 5.74) is -2.68. The van der Waals surface area contributed by atoms with Gasteiger partial charge in [-0.3, -0.25) is 9.59 Å². The molecule has 7 nitrogen and oxygen atoms in total. The Bertz CT molecular complexity index is 1430. The SMILES string of the molecule is CC(C)(C)[Si](C)(C)OC1CC2(CC1O[Si](C)(C)C(C)(C)C)C(=O)Nc1cc(C(=O)Nc3ccc(OC(F)(F)Cl)cc3)cc(Br)c12. The maximum absolute atomic E-state index is 13.9. The summed E-state index contributed by atoms with van der Waals surface area (Å²) < 4.78 is 44.8. The van der Waals surface area contributed by atoms with E-state index >= 15 is 0 Å². The highest BCUT2D eigenvalue weighted by molar-refractivity contribution is 9.10. The summed E-state index contributed by atoms with van der Waals surface area (Å²) in [5, 5.41) is 5.76. The molecule has 45 heavy (non-hydrogen) atoms. The minimum atomic E-state index is -3.84. The van der Waals surface area contributed by atoms with E-state index in [1.165, 1.54) is 24.3 Å². The van der Waals surface area contributed by atoms with E-state index in [1.807, 2.05) is 0 Å². The van der Waals surface area contributed by atoms with Crippen molar-refractivity contribution in [3.63, 3.8) is 0 Å². The molecule has 2 aromatic rings. The highest BCUT2D eigenvalue weighted by Gasteiger charge is 2.59. The lowest BCUT2D eigenvalue weighted by Crippen LogP contribution is -2.50. The first kappa shape index (κ1) is 36.0. The smallest absolute Gasteiger partial charge is 0.420 e. The van der Waals surface area contributed by atoms with Gasteiger partial charge >= 0.3 is 5.57 Å². The number of benzene rings is 2. The van der Waals surface area contributed by atoms with E-state index in [2.05, 4.69) is 99.0 Å². The number of fused-ring (bicyclic) bond motifs is 2. The zero-order valence-corrected chi connectivity index (χ0v) is 31.9. The van der Waals surface area contributed by atoms with E-state index < -0.39 is 33.5 Å². The van der Waals surface area contributed by atoms with E-state index in [0.717, 1.165) is 5.56 Å². The molecule has 13 heteroatoms. The molecule has 1 aliphatic carbocycles. The van der Waals surface area contributed by atoms with Gasteiger partial charge in [0.15, 0.2) is 16.6 Å². The van der Waals surface area contributed by atoms with Gasteiger partial charge in [0.1, 0.15) is 5.75 Å². The van der Waals surface area contributed by atoms with Crippen molar-refractivity contribution < 1.29 is 32.0 Å². The van der Waals surface area contributed by atoms with Crippen LogP contribution in [0.5, 0.6) is 5.75 Å². The Morgan fingerprint density at radius 1 is 0.956 bits per heavy atom. The summed E-state index contributed by atoms with van der Waals surface area (Å²) in [7, 11) is -4.43. The second-order valence-electron chi connectivity index (χ2n) is 15.2. The van der Waals surface area contributed by atoms with E-state index in [1.54, 1.807) is 12.1 Å². The third kappa shape index (κ3) is 7.51. The molecule has 1 spiro atoms. The van der Waals surface area contributed by atoms with E-state index in [0.29, 0.717) is 34.3 Å². The van der Waals surface area contributed by atoms with Crippen LogP contribution in [-0.2, 0) is 19.1 Å². The van der Waals surface area contributed by atoms with Gasteiger partial charge in [0.2, 0.25) is 5.91 Å². The number of anilines is 2. The summed E-state index contributed by atoms with van der Waals surface area (Å²) in [5.74, 6) is -0.716. The summed E-state index contributed by atoms with van der Waals surface area (Å²) in [6.45, 7) is 22.1. The fourth-order valence-electron chi connectivity index (χ4n) is 5.39. The molecule has 0 bridgehead atoms. The second kappa shape index (κ2) is 12.0. The summed E-state index contributed by atoms with van der Waals surface area (Å²) in [6, 6.07) is 8.78. The molecule has 1 fully saturated rings. The fourth-order valence-corrected chi connectivity index (χ4v) is 9.01. The van der Waals surface area contributed by atoms with E-state index in [4.69, 9.17) is 20.5 Å². The molecular weight excluding hydrogens is 702 g/mol. The maximum Gasteiger partial charge on any atom is 0.487 e. The van der Waals surface area contributed by atoms with Gasteiger partial charge in [-0.15, -0.1) is 8.78 Å². The Kier molecular flexibility index (Phi) is 9.60. The standard InChI is InChI=1S/C32H44BrClF2N2O5Si2/c1-29(2,3)44(7,8)42-24-17-31(18-25(24)43-45(9,10)30(4,5)6)26-22(33)15-19(16-23(26)38-28(31)40)27(39)37-20-11-13-21(14-12-20)41-32(34,35)36/h11-16,24-25H,17-18H2,1-10H3,(H,37,39)(H,38,40). The van der Waals surface area contributed by atoms with Gasteiger partial charge in [0.05, 0.1) is 17.6 Å². The number of halogens is 4. The van der Waals surface area contributed by atoms with Crippen molar-refractivity contribution in [2.75, 3.05) is 10.6 Å². The number of ether oxygens (including phenoxy) is 1. The number of hydrogen-bond donors (Lipinski definition) is 2. The zero-order chi connectivity index (χ0) is 34.0. The van der Waals surface area contributed by atoms with Crippen LogP contribution in [-0.4, -0.2) is 46.2 Å². The van der Waals surface area contributed by atoms with Gasteiger partial charge in [-0.05, 0) is 85.5 Å². The van der Waals surface area contributed by atoms with Crippen molar-refractivity contribution in [3.8, 4) is 5.75 Å². The molecule has 0 saturated heterocycles. The Labute approximate surface area is 280 Å². The van der Waals surface area contributed by atoms with E-state index in [9.17, 15) is 18.4 Å². The van der Waals surface area contributed by atoms with Gasteiger partial charge in [-0.25, -0.2) is 0 Å². The molecule has 0 aromatic heterocycles. The van der Waals surface area contributed by atoms with E-state index in [-0.39, 0.29) is 33.9 Å². The van der Waals surface area contributed by atoms with Crippen LogP contribution in [0.2, 0.25) is 36.3 Å². The number of amides is 2. The van der Waals surface area contributed by atoms with Crippen molar-refractivity contribution in [1.29, 1.82) is 0 Å². The minimum absolute atomic E-state index is 0.0223. The lowest BCUT2D eigenvalue weighted by Gasteiger charge is -2.43. The molecule has 0 radical (unpaired) electrons. The van der Waals surface area contributed by atoms with Crippen LogP contribution in [0.25, 0.3) is 0 Å². The van der Waals surface area contributed by atoms with Gasteiger partial charge in [0.25, 0.3) is 5.91 Å². The lowest BCUT2D eigenvalue weighted by atomic mass is 9.79. The van der Waals surface area contributed by atoms with Crippen LogP contribution < -0.4 is 15.4 Å². The molecule has 2 amide bonds. The van der Waals surface area contributed by atoms with Crippen molar-refractivity contribution in [2.45, 2.75) is 114 Å². The Balaban J connectivity index is 1.65. The first-order valence-electron chi connectivity index (χ1n) is 15.0. The monoisotopic (exact) mass is 744 g/mol. The molecule has 1 heterocycles. The quantitative estimate of drug-likeness (QED) is 0.208. The van der Waals surface area contributed by atoms with Gasteiger partial charge in [-0.1, -0.05) is 57.5 Å².